The van der Waals surface area contributed by atoms with Crippen LogP contribution in [-0.2, 0) is 6.18 Å². The molecule has 5 rings (SSSR count). The summed E-state index contributed by atoms with van der Waals surface area (Å²) >= 11 is 0. The van der Waals surface area contributed by atoms with Crippen LogP contribution < -0.4 is 5.32 Å². The zero-order chi connectivity index (χ0) is 20.7. The van der Waals surface area contributed by atoms with E-state index in [1.807, 2.05) is 24.3 Å². The summed E-state index contributed by atoms with van der Waals surface area (Å²) < 4.78 is 40.6. The number of hydrogen-bond donors (Lipinski definition) is 2. The maximum absolute atomic E-state index is 13.5. The lowest BCUT2D eigenvalue weighted by Crippen LogP contribution is -2.09. The van der Waals surface area contributed by atoms with Crippen LogP contribution >= 0.6 is 0 Å². The highest BCUT2D eigenvalue weighted by Crippen LogP contribution is 2.37. The highest BCUT2D eigenvalue weighted by molar-refractivity contribution is 5.96. The normalized spacial score (nSPS) is 11.8. The van der Waals surface area contributed by atoms with Gasteiger partial charge < -0.3 is 5.32 Å². The maximum Gasteiger partial charge on any atom is 0.417 e. The van der Waals surface area contributed by atoms with Gasteiger partial charge in [-0.1, -0.05) is 30.3 Å². The lowest BCUT2D eigenvalue weighted by atomic mass is 10.1. The van der Waals surface area contributed by atoms with Crippen LogP contribution in [0.15, 0.2) is 67.0 Å². The molecule has 2 aromatic carbocycles. The summed E-state index contributed by atoms with van der Waals surface area (Å²) in [5.74, 6) is 0.783. The van der Waals surface area contributed by atoms with Gasteiger partial charge in [-0.15, -0.1) is 0 Å². The average Bonchev–Trinajstić information content (AvgIpc) is 3.16. The van der Waals surface area contributed by atoms with Gasteiger partial charge in [0.05, 0.1) is 22.0 Å². The number of H-pyrrole nitrogens is 1. The number of pyridine rings is 1. The molecule has 0 atom stereocenters. The van der Waals surface area contributed by atoms with Gasteiger partial charge in [0.15, 0.2) is 11.6 Å². The van der Waals surface area contributed by atoms with Crippen molar-refractivity contribution in [3.8, 4) is 11.4 Å². The first-order valence-electron chi connectivity index (χ1n) is 8.99. The van der Waals surface area contributed by atoms with E-state index in [0.717, 1.165) is 17.0 Å². The van der Waals surface area contributed by atoms with E-state index >= 15 is 0 Å². The molecule has 0 aliphatic carbocycles. The highest BCUT2D eigenvalue weighted by Gasteiger charge is 2.34. The summed E-state index contributed by atoms with van der Waals surface area (Å²) in [5, 5.41) is 11.7. The molecule has 3 heterocycles. The third-order valence-corrected chi connectivity index (χ3v) is 4.68. The van der Waals surface area contributed by atoms with Gasteiger partial charge in [-0.3, -0.25) is 10.1 Å². The average molecular weight is 406 g/mol. The van der Waals surface area contributed by atoms with Crippen molar-refractivity contribution in [2.75, 3.05) is 5.32 Å². The molecular weight excluding hydrogens is 393 g/mol. The summed E-state index contributed by atoms with van der Waals surface area (Å²) in [7, 11) is 0. The fraction of sp³-hybridized carbons (Fsp3) is 0.0476. The Morgan fingerprint density at radius 1 is 0.833 bits per heavy atom. The van der Waals surface area contributed by atoms with Crippen LogP contribution in [0, 0.1) is 0 Å². The van der Waals surface area contributed by atoms with Gasteiger partial charge in [0.25, 0.3) is 0 Å². The van der Waals surface area contributed by atoms with E-state index in [1.165, 1.54) is 24.4 Å². The van der Waals surface area contributed by atoms with E-state index in [9.17, 15) is 13.2 Å². The fourth-order valence-electron chi connectivity index (χ4n) is 3.28. The number of fused-ring (bicyclic) bond motifs is 2. The second-order valence-electron chi connectivity index (χ2n) is 6.57. The topological polar surface area (TPSA) is 79.4 Å². The molecule has 2 N–H and O–H groups in total. The number of alkyl halides is 3. The summed E-state index contributed by atoms with van der Waals surface area (Å²) in [6, 6.07) is 14.4. The van der Waals surface area contributed by atoms with Gasteiger partial charge in [0.2, 0.25) is 0 Å². The molecular formula is C21H13F3N6. The summed E-state index contributed by atoms with van der Waals surface area (Å²) in [6.45, 7) is 0. The lowest BCUT2D eigenvalue weighted by molar-refractivity contribution is -0.137. The number of anilines is 2. The number of halogens is 3. The van der Waals surface area contributed by atoms with Crippen molar-refractivity contribution < 1.29 is 13.2 Å². The standard InChI is InChI=1S/C21H13F3N6/c22-21(23,24)15-7-3-1-5-12(15)18-26-16-9-10-25-11-14(16)19(27-18)28-20-13-6-2-4-8-17(13)29-30-20/h1-11H,(H2,26,27,28,29,30). The van der Waals surface area contributed by atoms with E-state index in [2.05, 4.69) is 30.5 Å². The molecule has 0 spiro atoms. The molecule has 0 aliphatic rings. The predicted octanol–water partition coefficient (Wildman–Crippen LogP) is 5.33. The van der Waals surface area contributed by atoms with E-state index in [4.69, 9.17) is 0 Å². The van der Waals surface area contributed by atoms with Crippen LogP contribution in [0.2, 0.25) is 0 Å². The van der Waals surface area contributed by atoms with E-state index in [0.29, 0.717) is 22.5 Å². The Morgan fingerprint density at radius 2 is 1.63 bits per heavy atom. The van der Waals surface area contributed by atoms with Crippen molar-refractivity contribution in [3.63, 3.8) is 0 Å². The Morgan fingerprint density at radius 3 is 2.50 bits per heavy atom. The summed E-state index contributed by atoms with van der Waals surface area (Å²) in [4.78, 5) is 12.9. The van der Waals surface area contributed by atoms with E-state index in [1.54, 1.807) is 12.3 Å². The Kier molecular flexibility index (Phi) is 4.09. The smallest absolute Gasteiger partial charge is 0.322 e. The molecule has 0 amide bonds. The number of aromatic amines is 1. The second-order valence-corrected chi connectivity index (χ2v) is 6.57. The molecule has 0 aliphatic heterocycles. The minimum absolute atomic E-state index is 0.0380. The molecule has 6 nitrogen and oxygen atoms in total. The predicted molar refractivity (Wildman–Crippen MR) is 107 cm³/mol. The minimum Gasteiger partial charge on any atom is -0.322 e. The van der Waals surface area contributed by atoms with Crippen molar-refractivity contribution in [2.45, 2.75) is 6.18 Å². The first-order valence-corrected chi connectivity index (χ1v) is 8.99. The zero-order valence-electron chi connectivity index (χ0n) is 15.3. The molecule has 0 unspecified atom stereocenters. The van der Waals surface area contributed by atoms with Crippen molar-refractivity contribution in [3.05, 3.63) is 72.6 Å². The highest BCUT2D eigenvalue weighted by atomic mass is 19.4. The number of para-hydroxylation sites is 1. The van der Waals surface area contributed by atoms with Crippen molar-refractivity contribution in [1.82, 2.24) is 25.1 Å². The van der Waals surface area contributed by atoms with E-state index in [-0.39, 0.29) is 11.4 Å². The number of benzene rings is 2. The molecule has 9 heteroatoms. The van der Waals surface area contributed by atoms with Crippen molar-refractivity contribution >= 4 is 33.4 Å². The molecule has 30 heavy (non-hydrogen) atoms. The van der Waals surface area contributed by atoms with Crippen LogP contribution in [-0.4, -0.2) is 25.1 Å². The number of rotatable bonds is 3. The maximum atomic E-state index is 13.5. The number of nitrogens with one attached hydrogen (secondary N) is 2. The molecule has 3 aromatic heterocycles. The van der Waals surface area contributed by atoms with E-state index < -0.39 is 11.7 Å². The summed E-state index contributed by atoms with van der Waals surface area (Å²) in [6.07, 6.45) is -1.44. The minimum atomic E-state index is -4.53. The zero-order valence-corrected chi connectivity index (χ0v) is 15.3. The molecule has 0 saturated heterocycles. The van der Waals surface area contributed by atoms with Crippen LogP contribution in [0.3, 0.4) is 0 Å². The van der Waals surface area contributed by atoms with Crippen LogP contribution in [0.5, 0.6) is 0 Å². The quantitative estimate of drug-likeness (QED) is 0.423. The molecule has 5 aromatic rings. The molecule has 0 radical (unpaired) electrons. The van der Waals surface area contributed by atoms with Crippen LogP contribution in [0.4, 0.5) is 24.8 Å². The Balaban J connectivity index is 1.70. The van der Waals surface area contributed by atoms with Gasteiger partial charge in [0.1, 0.15) is 5.82 Å². The fourth-order valence-corrected chi connectivity index (χ4v) is 3.28. The third-order valence-electron chi connectivity index (χ3n) is 4.68. The van der Waals surface area contributed by atoms with Crippen molar-refractivity contribution in [1.29, 1.82) is 0 Å². The third kappa shape index (κ3) is 3.10. The van der Waals surface area contributed by atoms with Crippen molar-refractivity contribution in [2.24, 2.45) is 0 Å². The lowest BCUT2D eigenvalue weighted by Gasteiger charge is -2.14. The van der Waals surface area contributed by atoms with Crippen LogP contribution in [0.1, 0.15) is 5.56 Å². The first kappa shape index (κ1) is 18.0. The largest absolute Gasteiger partial charge is 0.417 e. The molecule has 0 bridgehead atoms. The summed E-state index contributed by atoms with van der Waals surface area (Å²) in [5.41, 5.74) is 0.390. The number of hydrogen-bond acceptors (Lipinski definition) is 5. The second kappa shape index (κ2) is 6.80. The van der Waals surface area contributed by atoms with Crippen LogP contribution in [0.25, 0.3) is 33.2 Å². The number of nitrogens with zero attached hydrogens (tertiary/aromatic N) is 4. The van der Waals surface area contributed by atoms with Gasteiger partial charge in [0, 0.05) is 23.3 Å². The number of aromatic nitrogens is 5. The Hall–Kier alpha value is -4.01. The monoisotopic (exact) mass is 406 g/mol. The first-order chi connectivity index (χ1) is 14.5. The Bertz CT molecular complexity index is 1380. The van der Waals surface area contributed by atoms with Gasteiger partial charge >= 0.3 is 6.18 Å². The van der Waals surface area contributed by atoms with Gasteiger partial charge in [-0.25, -0.2) is 9.97 Å². The van der Waals surface area contributed by atoms with Gasteiger partial charge in [-0.2, -0.15) is 18.3 Å². The Labute approximate surface area is 167 Å². The molecule has 148 valence electrons. The molecule has 0 fully saturated rings. The van der Waals surface area contributed by atoms with Gasteiger partial charge in [-0.05, 0) is 24.3 Å². The molecule has 0 saturated carbocycles. The SMILES string of the molecule is FC(F)(F)c1ccccc1-c1nc(Nc2n[nH]c3ccccc23)c2cnccc2n1.